The number of H-pyrrole nitrogens is 1. The Morgan fingerprint density at radius 1 is 1.00 bits per heavy atom. The molecule has 2 N–H and O–H groups in total. The Morgan fingerprint density at radius 2 is 1.75 bits per heavy atom. The Bertz CT molecular complexity index is 1150. The second-order valence-corrected chi connectivity index (χ2v) is 10.4. The van der Waals surface area contributed by atoms with Crippen LogP contribution in [0, 0.1) is 0 Å². The molecule has 1 amide bonds. The van der Waals surface area contributed by atoms with E-state index in [1.165, 1.54) is 12.8 Å². The SMILES string of the molecule is O=C([C@H]1CCCN1c1nc2c(c(Nc3cc(C4CCCC4)[nH]n3)n1)CCC2)N1CC(F)(F)C(F)(F)C1. The molecule has 2 aromatic heterocycles. The van der Waals surface area contributed by atoms with E-state index >= 15 is 0 Å². The van der Waals surface area contributed by atoms with Crippen molar-refractivity contribution in [2.24, 2.45) is 0 Å². The lowest BCUT2D eigenvalue weighted by Gasteiger charge is -2.28. The average Bonchev–Trinajstić information content (AvgIpc) is 3.64. The molecule has 194 valence electrons. The summed E-state index contributed by atoms with van der Waals surface area (Å²) in [4.78, 5) is 24.8. The van der Waals surface area contributed by atoms with Gasteiger partial charge in [-0.1, -0.05) is 12.8 Å². The summed E-state index contributed by atoms with van der Waals surface area (Å²) in [6, 6.07) is 1.16. The topological polar surface area (TPSA) is 90.0 Å². The van der Waals surface area contributed by atoms with Gasteiger partial charge in [0.1, 0.15) is 11.9 Å². The van der Waals surface area contributed by atoms with Crippen LogP contribution in [-0.2, 0) is 17.6 Å². The van der Waals surface area contributed by atoms with Crippen molar-refractivity contribution in [1.82, 2.24) is 25.1 Å². The molecule has 0 spiro atoms. The van der Waals surface area contributed by atoms with E-state index in [0.29, 0.717) is 47.8 Å². The number of aryl methyl sites for hydroxylation is 1. The molecule has 6 rings (SSSR count). The normalized spacial score (nSPS) is 25.1. The first-order chi connectivity index (χ1) is 17.2. The maximum Gasteiger partial charge on any atom is 0.329 e. The van der Waals surface area contributed by atoms with Crippen LogP contribution in [0.25, 0.3) is 0 Å². The van der Waals surface area contributed by atoms with Crippen LogP contribution in [-0.4, -0.2) is 68.5 Å². The number of rotatable bonds is 5. The van der Waals surface area contributed by atoms with Crippen molar-refractivity contribution in [1.29, 1.82) is 0 Å². The molecule has 12 heteroatoms. The van der Waals surface area contributed by atoms with E-state index in [1.807, 2.05) is 6.07 Å². The number of anilines is 3. The summed E-state index contributed by atoms with van der Waals surface area (Å²) < 4.78 is 55.0. The van der Waals surface area contributed by atoms with Crippen LogP contribution in [0.4, 0.5) is 35.1 Å². The summed E-state index contributed by atoms with van der Waals surface area (Å²) in [7, 11) is 0. The number of aromatic amines is 1. The fourth-order valence-corrected chi connectivity index (χ4v) is 6.02. The summed E-state index contributed by atoms with van der Waals surface area (Å²) in [6.45, 7) is -2.10. The zero-order valence-corrected chi connectivity index (χ0v) is 19.9. The molecule has 4 heterocycles. The Labute approximate surface area is 205 Å². The minimum atomic E-state index is -4.23. The summed E-state index contributed by atoms with van der Waals surface area (Å²) >= 11 is 0. The molecule has 0 radical (unpaired) electrons. The third-order valence-electron chi connectivity index (χ3n) is 7.98. The summed E-state index contributed by atoms with van der Waals surface area (Å²) in [5.41, 5.74) is 2.99. The predicted octanol–water partition coefficient (Wildman–Crippen LogP) is 4.17. The number of nitrogens with zero attached hydrogens (tertiary/aromatic N) is 5. The minimum Gasteiger partial charge on any atom is -0.329 e. The van der Waals surface area contributed by atoms with E-state index in [0.717, 1.165) is 49.1 Å². The number of likely N-dealkylation sites (tertiary alicyclic amines) is 1. The van der Waals surface area contributed by atoms with Gasteiger partial charge in [0, 0.05) is 29.8 Å². The van der Waals surface area contributed by atoms with Crippen LogP contribution in [0.5, 0.6) is 0 Å². The fraction of sp³-hybridized carbons (Fsp3) is 0.667. The zero-order chi connectivity index (χ0) is 25.1. The van der Waals surface area contributed by atoms with E-state index in [9.17, 15) is 22.4 Å². The maximum atomic E-state index is 13.8. The average molecular weight is 508 g/mol. The zero-order valence-electron chi connectivity index (χ0n) is 19.9. The Kier molecular flexibility index (Phi) is 5.60. The van der Waals surface area contributed by atoms with Crippen molar-refractivity contribution in [2.75, 3.05) is 29.9 Å². The molecular weight excluding hydrogens is 478 g/mol. The van der Waals surface area contributed by atoms with Crippen molar-refractivity contribution in [3.05, 3.63) is 23.0 Å². The third kappa shape index (κ3) is 3.98. The van der Waals surface area contributed by atoms with Crippen molar-refractivity contribution in [2.45, 2.75) is 81.6 Å². The first-order valence-corrected chi connectivity index (χ1v) is 12.7. The maximum absolute atomic E-state index is 13.8. The number of amides is 1. The van der Waals surface area contributed by atoms with Gasteiger partial charge in [0.25, 0.3) is 0 Å². The third-order valence-corrected chi connectivity index (χ3v) is 7.98. The molecule has 0 unspecified atom stereocenters. The van der Waals surface area contributed by atoms with E-state index in [1.54, 1.807) is 4.90 Å². The number of halogens is 4. The number of hydrogen-bond acceptors (Lipinski definition) is 6. The highest BCUT2D eigenvalue weighted by Gasteiger charge is 2.64. The molecule has 2 aliphatic carbocycles. The molecule has 2 aliphatic heterocycles. The molecule has 1 atom stereocenters. The highest BCUT2D eigenvalue weighted by atomic mass is 19.3. The molecule has 8 nitrogen and oxygen atoms in total. The second kappa shape index (κ2) is 8.58. The first kappa shape index (κ1) is 23.5. The van der Waals surface area contributed by atoms with Gasteiger partial charge in [-0.05, 0) is 44.9 Å². The van der Waals surface area contributed by atoms with Crippen LogP contribution < -0.4 is 10.2 Å². The Morgan fingerprint density at radius 3 is 2.50 bits per heavy atom. The number of carbonyl (C=O) groups is 1. The Hall–Kier alpha value is -2.92. The van der Waals surface area contributed by atoms with Crippen molar-refractivity contribution >= 4 is 23.5 Å². The lowest BCUT2D eigenvalue weighted by molar-refractivity contribution is -0.172. The number of alkyl halides is 4. The molecule has 2 saturated heterocycles. The summed E-state index contributed by atoms with van der Waals surface area (Å²) in [5, 5.41) is 10.9. The lowest BCUT2D eigenvalue weighted by Crippen LogP contribution is -2.46. The van der Waals surface area contributed by atoms with Crippen molar-refractivity contribution in [3.63, 3.8) is 0 Å². The van der Waals surface area contributed by atoms with Gasteiger partial charge >= 0.3 is 11.8 Å². The Balaban J connectivity index is 1.25. The van der Waals surface area contributed by atoms with E-state index in [4.69, 9.17) is 9.97 Å². The van der Waals surface area contributed by atoms with E-state index in [-0.39, 0.29) is 0 Å². The molecular formula is C24H29F4N7O. The number of hydrogen-bond donors (Lipinski definition) is 2. The lowest BCUT2D eigenvalue weighted by atomic mass is 10.0. The van der Waals surface area contributed by atoms with Gasteiger partial charge in [0.15, 0.2) is 5.82 Å². The van der Waals surface area contributed by atoms with Crippen LogP contribution in [0.1, 0.15) is 67.8 Å². The highest BCUT2D eigenvalue weighted by molar-refractivity contribution is 5.86. The minimum absolute atomic E-state index is 0.318. The standard InChI is InChI=1S/C24H29F4N7O/c25-23(26)12-34(13-24(23,27)28)21(36)18-9-4-10-35(18)22-29-16-8-3-7-15(16)20(31-22)30-19-11-17(32-33-19)14-5-1-2-6-14/h11,14,18H,1-10,12-13H2,(H2,29,30,31,32,33)/t18-/m1/s1. The van der Waals surface area contributed by atoms with Crippen LogP contribution >= 0.6 is 0 Å². The molecule has 3 fully saturated rings. The largest absolute Gasteiger partial charge is 0.329 e. The summed E-state index contributed by atoms with van der Waals surface area (Å²) in [6.07, 6.45) is 8.24. The monoisotopic (exact) mass is 507 g/mol. The van der Waals surface area contributed by atoms with Crippen molar-refractivity contribution in [3.8, 4) is 0 Å². The number of carbonyl (C=O) groups excluding carboxylic acids is 1. The number of nitrogens with one attached hydrogen (secondary N) is 2. The van der Waals surface area contributed by atoms with Crippen LogP contribution in [0.15, 0.2) is 6.07 Å². The van der Waals surface area contributed by atoms with Gasteiger partial charge in [-0.2, -0.15) is 27.6 Å². The van der Waals surface area contributed by atoms with Gasteiger partial charge < -0.3 is 15.1 Å². The second-order valence-electron chi connectivity index (χ2n) is 10.4. The van der Waals surface area contributed by atoms with Crippen LogP contribution in [0.3, 0.4) is 0 Å². The highest BCUT2D eigenvalue weighted by Crippen LogP contribution is 2.42. The van der Waals surface area contributed by atoms with Gasteiger partial charge in [0.05, 0.1) is 18.8 Å². The quantitative estimate of drug-likeness (QED) is 0.591. The number of aromatic nitrogens is 4. The van der Waals surface area contributed by atoms with Crippen LogP contribution in [0.2, 0.25) is 0 Å². The summed E-state index contributed by atoms with van der Waals surface area (Å²) in [5.74, 6) is -7.10. The number of fused-ring (bicyclic) bond motifs is 1. The molecule has 36 heavy (non-hydrogen) atoms. The van der Waals surface area contributed by atoms with E-state index < -0.39 is 36.9 Å². The predicted molar refractivity (Wildman–Crippen MR) is 124 cm³/mol. The van der Waals surface area contributed by atoms with Gasteiger partial charge in [0.2, 0.25) is 11.9 Å². The molecule has 0 aromatic carbocycles. The van der Waals surface area contributed by atoms with Gasteiger partial charge in [-0.25, -0.2) is 4.98 Å². The molecule has 2 aromatic rings. The van der Waals surface area contributed by atoms with E-state index in [2.05, 4.69) is 15.5 Å². The molecule has 1 saturated carbocycles. The van der Waals surface area contributed by atoms with Gasteiger partial charge in [-0.15, -0.1) is 0 Å². The van der Waals surface area contributed by atoms with Gasteiger partial charge in [-0.3, -0.25) is 9.89 Å². The molecule has 4 aliphatic rings. The first-order valence-electron chi connectivity index (χ1n) is 12.7. The fourth-order valence-electron chi connectivity index (χ4n) is 6.02. The smallest absolute Gasteiger partial charge is 0.329 e. The van der Waals surface area contributed by atoms with Crippen molar-refractivity contribution < 1.29 is 22.4 Å². The molecule has 0 bridgehead atoms.